The van der Waals surface area contributed by atoms with Crippen LogP contribution in [0.4, 0.5) is 4.39 Å². The van der Waals surface area contributed by atoms with Crippen molar-refractivity contribution in [3.63, 3.8) is 0 Å². The summed E-state index contributed by atoms with van der Waals surface area (Å²) in [6.45, 7) is -2.04. The summed E-state index contributed by atoms with van der Waals surface area (Å²) in [4.78, 5) is 14.0. The summed E-state index contributed by atoms with van der Waals surface area (Å²) < 4.78 is 33.7. The lowest BCUT2D eigenvalue weighted by atomic mass is 10.1. The summed E-state index contributed by atoms with van der Waals surface area (Å²) in [7, 11) is 0. The summed E-state index contributed by atoms with van der Waals surface area (Å²) in [5.74, 6) is -3.59. The molecule has 0 saturated carbocycles. The summed E-state index contributed by atoms with van der Waals surface area (Å²) in [5, 5.41) is 28.6. The maximum atomic E-state index is 14.3. The molecule has 1 aliphatic heterocycles. The number of aliphatic hydroxyl groups excluding tert-OH is 2. The molecule has 0 aliphatic carbocycles. The van der Waals surface area contributed by atoms with Gasteiger partial charge in [-0.1, -0.05) is 12.2 Å². The van der Waals surface area contributed by atoms with Crippen LogP contribution in [-0.4, -0.2) is 49.5 Å². The van der Waals surface area contributed by atoms with Crippen LogP contribution in [0.15, 0.2) is 11.0 Å². The maximum absolute atomic E-state index is 14.3. The molecule has 9 heteroatoms. The third-order valence-electron chi connectivity index (χ3n) is 2.86. The van der Waals surface area contributed by atoms with Crippen LogP contribution < -0.4 is 5.69 Å². The Balaban J connectivity index is 2.51. The number of aryl methyl sites for hydroxylation is 1. The normalized spacial score (nSPS) is 37.0. The monoisotopic (exact) mass is 294 g/mol. The summed E-state index contributed by atoms with van der Waals surface area (Å²) >= 11 is 4.84. The lowest BCUT2D eigenvalue weighted by Gasteiger charge is -2.20. The summed E-state index contributed by atoms with van der Waals surface area (Å²) in [6.07, 6.45) is -4.93. The minimum absolute atomic E-state index is 0.133. The lowest BCUT2D eigenvalue weighted by molar-refractivity contribution is -0.207. The predicted octanol–water partition coefficient (Wildman–Crippen LogP) is -0.877. The number of rotatable bonds is 2. The molecule has 0 amide bonds. The number of hydrogen-bond acceptors (Lipinski definition) is 6. The van der Waals surface area contributed by atoms with Gasteiger partial charge in [0.05, 0.1) is 2.74 Å². The second-order valence-corrected chi connectivity index (χ2v) is 4.59. The number of H-pyrrole nitrogens is 1. The van der Waals surface area contributed by atoms with Gasteiger partial charge in [0, 0.05) is 11.8 Å². The Hall–Kier alpha value is -1.13. The molecule has 0 radical (unpaired) electrons. The van der Waals surface area contributed by atoms with Crippen LogP contribution in [0.1, 0.15) is 14.5 Å². The van der Waals surface area contributed by atoms with E-state index in [-0.39, 0.29) is 4.64 Å². The number of aromatic nitrogens is 2. The second kappa shape index (κ2) is 4.76. The Labute approximate surface area is 114 Å². The van der Waals surface area contributed by atoms with Crippen molar-refractivity contribution in [1.29, 1.82) is 0 Å². The SMILES string of the molecule is [2H]C([2H])(O)[C@@]1(F)O[C@@H](n2cc(C)c(=S)[nH]c2=O)[C@H](O)[C@@H]1O. The fourth-order valence-corrected chi connectivity index (χ4v) is 1.92. The van der Waals surface area contributed by atoms with Gasteiger partial charge in [0.2, 0.25) is 0 Å². The molecule has 1 fully saturated rings. The molecule has 0 unspecified atom stereocenters. The Morgan fingerprint density at radius 2 is 2.37 bits per heavy atom. The van der Waals surface area contributed by atoms with Crippen molar-refractivity contribution in [2.75, 3.05) is 6.56 Å². The van der Waals surface area contributed by atoms with Crippen molar-refractivity contribution in [2.45, 2.75) is 31.2 Å². The molecule has 7 nitrogen and oxygen atoms in total. The third-order valence-corrected chi connectivity index (χ3v) is 3.28. The largest absolute Gasteiger partial charge is 0.390 e. The topological polar surface area (TPSA) is 108 Å². The van der Waals surface area contributed by atoms with Crippen LogP contribution in [-0.2, 0) is 4.74 Å². The van der Waals surface area contributed by atoms with E-state index in [1.54, 1.807) is 6.92 Å². The van der Waals surface area contributed by atoms with E-state index in [0.717, 1.165) is 4.57 Å². The average Bonchev–Trinajstić information content (AvgIpc) is 2.59. The summed E-state index contributed by atoms with van der Waals surface area (Å²) in [5.41, 5.74) is -0.428. The first-order chi connectivity index (χ1) is 9.49. The highest BCUT2D eigenvalue weighted by Gasteiger charge is 2.55. The van der Waals surface area contributed by atoms with Gasteiger partial charge in [0.25, 0.3) is 5.85 Å². The van der Waals surface area contributed by atoms with E-state index in [2.05, 4.69) is 9.72 Å². The molecule has 19 heavy (non-hydrogen) atoms. The van der Waals surface area contributed by atoms with Gasteiger partial charge in [-0.05, 0) is 6.92 Å². The summed E-state index contributed by atoms with van der Waals surface area (Å²) in [6, 6.07) is 0. The van der Waals surface area contributed by atoms with Crippen molar-refractivity contribution < 1.29 is 27.2 Å². The highest BCUT2D eigenvalue weighted by molar-refractivity contribution is 7.71. The fraction of sp³-hybridized carbons (Fsp3) is 0.600. The Bertz CT molecular complexity index is 675. The molecule has 2 rings (SSSR count). The molecule has 0 spiro atoms. The molecule has 0 bridgehead atoms. The number of alkyl halides is 1. The molecule has 1 aromatic rings. The van der Waals surface area contributed by atoms with Gasteiger partial charge in [-0.15, -0.1) is 0 Å². The van der Waals surface area contributed by atoms with E-state index < -0.39 is 36.5 Å². The molecule has 4 atom stereocenters. The van der Waals surface area contributed by atoms with Gasteiger partial charge < -0.3 is 20.1 Å². The van der Waals surface area contributed by atoms with Gasteiger partial charge in [-0.3, -0.25) is 9.55 Å². The predicted molar refractivity (Wildman–Crippen MR) is 63.7 cm³/mol. The zero-order chi connectivity index (χ0) is 16.2. The first-order valence-corrected chi connectivity index (χ1v) is 5.67. The number of hydrogen-bond donors (Lipinski definition) is 4. The molecular formula is C10H13FN2O5S. The zero-order valence-electron chi connectivity index (χ0n) is 11.7. The number of nitrogens with zero attached hydrogens (tertiary/aromatic N) is 1. The molecule has 0 aromatic carbocycles. The van der Waals surface area contributed by atoms with Crippen LogP contribution in [0.2, 0.25) is 0 Å². The van der Waals surface area contributed by atoms with E-state index in [1.807, 2.05) is 0 Å². The van der Waals surface area contributed by atoms with Crippen molar-refractivity contribution in [2.24, 2.45) is 0 Å². The number of aromatic amines is 1. The van der Waals surface area contributed by atoms with E-state index >= 15 is 0 Å². The van der Waals surface area contributed by atoms with E-state index in [0.29, 0.717) is 5.56 Å². The second-order valence-electron chi connectivity index (χ2n) is 4.18. The van der Waals surface area contributed by atoms with Crippen LogP contribution in [0.5, 0.6) is 0 Å². The number of halogens is 1. The van der Waals surface area contributed by atoms with Crippen LogP contribution in [0.25, 0.3) is 0 Å². The van der Waals surface area contributed by atoms with Gasteiger partial charge in [0.1, 0.15) is 23.4 Å². The maximum Gasteiger partial charge on any atom is 0.328 e. The Kier molecular flexibility index (Phi) is 2.93. The van der Waals surface area contributed by atoms with Gasteiger partial charge in [0.15, 0.2) is 6.23 Å². The van der Waals surface area contributed by atoms with Gasteiger partial charge in [-0.2, -0.15) is 0 Å². The number of nitrogens with one attached hydrogen (secondary N) is 1. The molecule has 1 saturated heterocycles. The standard InChI is InChI=1S/C10H13FN2O5S/c1-4-2-13(9(17)12-7(4)19)8-5(15)6(16)10(11,3-14)18-8/h2,5-6,8,14-16H,3H2,1H3,(H,12,17,19)/t5-,6+,8-,10-/m1/s1/i3D2. The van der Waals surface area contributed by atoms with Crippen LogP contribution in [0.3, 0.4) is 0 Å². The first kappa shape index (κ1) is 11.7. The number of ether oxygens (including phenoxy) is 1. The molecule has 1 aromatic heterocycles. The lowest BCUT2D eigenvalue weighted by Crippen LogP contribution is -2.42. The van der Waals surface area contributed by atoms with Crippen LogP contribution >= 0.6 is 12.2 Å². The minimum atomic E-state index is -3.59. The zero-order valence-corrected chi connectivity index (χ0v) is 10.5. The third kappa shape index (κ3) is 2.23. The fourth-order valence-electron chi connectivity index (χ4n) is 1.78. The Morgan fingerprint density at radius 3 is 2.89 bits per heavy atom. The molecule has 1 aliphatic rings. The van der Waals surface area contributed by atoms with Gasteiger partial charge in [-0.25, -0.2) is 9.18 Å². The molecule has 4 N–H and O–H groups in total. The molecular weight excluding hydrogens is 279 g/mol. The Morgan fingerprint density at radius 1 is 1.74 bits per heavy atom. The highest BCUT2D eigenvalue weighted by atomic mass is 32.1. The number of aliphatic hydroxyl groups is 3. The van der Waals surface area contributed by atoms with Crippen LogP contribution in [0, 0.1) is 11.6 Å². The van der Waals surface area contributed by atoms with E-state index in [4.69, 9.17) is 20.1 Å². The van der Waals surface area contributed by atoms with Crippen molar-refractivity contribution in [1.82, 2.24) is 9.55 Å². The van der Waals surface area contributed by atoms with Gasteiger partial charge >= 0.3 is 5.69 Å². The smallest absolute Gasteiger partial charge is 0.328 e. The first-order valence-electron chi connectivity index (χ1n) is 6.26. The quantitative estimate of drug-likeness (QED) is 0.528. The molecule has 106 valence electrons. The van der Waals surface area contributed by atoms with E-state index in [1.165, 1.54) is 6.20 Å². The van der Waals surface area contributed by atoms with Crippen molar-refractivity contribution in [3.05, 3.63) is 26.9 Å². The highest BCUT2D eigenvalue weighted by Crippen LogP contribution is 2.37. The molecule has 2 heterocycles. The average molecular weight is 294 g/mol. The van der Waals surface area contributed by atoms with Crippen molar-refractivity contribution >= 4 is 12.2 Å². The van der Waals surface area contributed by atoms with E-state index in [9.17, 15) is 19.4 Å². The minimum Gasteiger partial charge on any atom is -0.390 e. The van der Waals surface area contributed by atoms with Crippen molar-refractivity contribution in [3.8, 4) is 0 Å².